The van der Waals surface area contributed by atoms with Crippen LogP contribution in [0.1, 0.15) is 0 Å². The van der Waals surface area contributed by atoms with E-state index in [-0.39, 0.29) is 0 Å². The van der Waals surface area contributed by atoms with Crippen molar-refractivity contribution in [1.29, 1.82) is 0 Å². The maximum absolute atomic E-state index is 6.12. The Hall–Kier alpha value is -1.17. The van der Waals surface area contributed by atoms with E-state index in [9.17, 15) is 0 Å². The van der Waals surface area contributed by atoms with Crippen LogP contribution in [0.5, 0.6) is 0 Å². The minimum absolute atomic E-state index is 0.612. The van der Waals surface area contributed by atoms with Crippen molar-refractivity contribution < 1.29 is 0 Å². The van der Waals surface area contributed by atoms with E-state index in [1.54, 1.807) is 12.4 Å². The third-order valence-electron chi connectivity index (χ3n) is 2.66. The average molecular weight is 341 g/mol. The zero-order chi connectivity index (χ0) is 12.7. The van der Waals surface area contributed by atoms with Gasteiger partial charge in [0.25, 0.3) is 0 Å². The third-order valence-corrected chi connectivity index (χ3v) is 4.32. The third kappa shape index (κ3) is 1.79. The first-order valence-electron chi connectivity index (χ1n) is 5.17. The second kappa shape index (κ2) is 4.50. The van der Waals surface area contributed by atoms with Crippen LogP contribution in [0.4, 0.5) is 0 Å². The number of pyridine rings is 1. The highest BCUT2D eigenvalue weighted by atomic mass is 79.9. The van der Waals surface area contributed by atoms with Crippen LogP contribution in [0.15, 0.2) is 41.1 Å². The van der Waals surface area contributed by atoms with Crippen molar-refractivity contribution in [3.63, 3.8) is 0 Å². The van der Waals surface area contributed by atoms with E-state index in [1.807, 2.05) is 28.8 Å². The molecule has 1 N–H and O–H groups in total. The smallest absolute Gasteiger partial charge is 0.182 e. The Morgan fingerprint density at radius 1 is 1.33 bits per heavy atom. The number of rotatable bonds is 1. The quantitative estimate of drug-likeness (QED) is 0.662. The van der Waals surface area contributed by atoms with Gasteiger partial charge in [0.1, 0.15) is 0 Å². The normalized spacial score (nSPS) is 11.0. The molecule has 2 heterocycles. The van der Waals surface area contributed by atoms with Gasteiger partial charge < -0.3 is 4.98 Å². The summed E-state index contributed by atoms with van der Waals surface area (Å²) in [6.07, 6.45) is 3.49. The lowest BCUT2D eigenvalue weighted by Crippen LogP contribution is -1.95. The van der Waals surface area contributed by atoms with Crippen molar-refractivity contribution in [1.82, 2.24) is 14.5 Å². The Bertz CT molecular complexity index is 793. The molecule has 0 aliphatic carbocycles. The first-order chi connectivity index (χ1) is 8.68. The number of H-pyrrole nitrogens is 1. The molecule has 0 fully saturated rings. The Kier molecular flexibility index (Phi) is 2.97. The number of imidazole rings is 1. The zero-order valence-corrected chi connectivity index (χ0v) is 12.2. The van der Waals surface area contributed by atoms with Crippen molar-refractivity contribution >= 4 is 50.8 Å². The maximum atomic E-state index is 6.12. The van der Waals surface area contributed by atoms with Crippen LogP contribution in [-0.4, -0.2) is 14.5 Å². The zero-order valence-electron chi connectivity index (χ0n) is 9.02. The SMILES string of the molecule is S=c1[nH]c2cnccc2n1-c1cccc(Cl)c1Br. The van der Waals surface area contributed by atoms with E-state index in [4.69, 9.17) is 23.8 Å². The Morgan fingerprint density at radius 3 is 3.00 bits per heavy atom. The summed E-state index contributed by atoms with van der Waals surface area (Å²) in [5, 5.41) is 0.651. The van der Waals surface area contributed by atoms with Crippen LogP contribution in [-0.2, 0) is 0 Å². The molecule has 0 unspecified atom stereocenters. The second-order valence-electron chi connectivity index (χ2n) is 3.73. The molecule has 0 saturated carbocycles. The molecule has 3 aromatic rings. The molecule has 0 radical (unpaired) electrons. The highest BCUT2D eigenvalue weighted by molar-refractivity contribution is 9.10. The Balaban J connectivity index is 2.42. The summed E-state index contributed by atoms with van der Waals surface area (Å²) >= 11 is 15.0. The fraction of sp³-hybridized carbons (Fsp3) is 0. The monoisotopic (exact) mass is 339 g/mol. The van der Waals surface area contributed by atoms with Crippen LogP contribution in [0.3, 0.4) is 0 Å². The molecule has 0 bridgehead atoms. The molecular formula is C12H7BrClN3S. The summed E-state index contributed by atoms with van der Waals surface area (Å²) < 4.78 is 3.36. The van der Waals surface area contributed by atoms with Crippen molar-refractivity contribution in [3.05, 3.63) is 50.9 Å². The Morgan fingerprint density at radius 2 is 2.17 bits per heavy atom. The lowest BCUT2D eigenvalue weighted by molar-refractivity contribution is 1.06. The summed E-state index contributed by atoms with van der Waals surface area (Å²) in [6.45, 7) is 0. The van der Waals surface area contributed by atoms with Gasteiger partial charge in [0, 0.05) is 6.20 Å². The molecule has 0 spiro atoms. The van der Waals surface area contributed by atoms with Crippen LogP contribution in [0.2, 0.25) is 5.02 Å². The van der Waals surface area contributed by atoms with Crippen LogP contribution in [0, 0.1) is 4.77 Å². The van der Waals surface area contributed by atoms with Gasteiger partial charge in [-0.15, -0.1) is 0 Å². The minimum Gasteiger partial charge on any atom is -0.329 e. The lowest BCUT2D eigenvalue weighted by Gasteiger charge is -2.08. The maximum Gasteiger partial charge on any atom is 0.182 e. The predicted molar refractivity (Wildman–Crippen MR) is 79.0 cm³/mol. The van der Waals surface area contributed by atoms with E-state index >= 15 is 0 Å². The average Bonchev–Trinajstić information content (AvgIpc) is 2.69. The second-order valence-corrected chi connectivity index (χ2v) is 5.32. The number of halogens is 2. The highest BCUT2D eigenvalue weighted by Crippen LogP contribution is 2.31. The number of aromatic nitrogens is 3. The number of nitrogens with one attached hydrogen (secondary N) is 1. The molecule has 1 aromatic carbocycles. The van der Waals surface area contributed by atoms with Crippen molar-refractivity contribution in [2.75, 3.05) is 0 Å². The molecule has 2 aromatic heterocycles. The Labute approximate surface area is 122 Å². The molecule has 18 heavy (non-hydrogen) atoms. The summed E-state index contributed by atoms with van der Waals surface area (Å²) in [6, 6.07) is 7.59. The number of hydrogen-bond acceptors (Lipinski definition) is 2. The fourth-order valence-electron chi connectivity index (χ4n) is 1.86. The van der Waals surface area contributed by atoms with Crippen molar-refractivity contribution in [2.45, 2.75) is 0 Å². The number of aromatic amines is 1. The molecule has 3 nitrogen and oxygen atoms in total. The number of fused-ring (bicyclic) bond motifs is 1. The van der Waals surface area contributed by atoms with E-state index in [1.165, 1.54) is 0 Å². The van der Waals surface area contributed by atoms with Crippen LogP contribution >= 0.6 is 39.7 Å². The summed E-state index contributed by atoms with van der Waals surface area (Å²) in [5.74, 6) is 0. The van der Waals surface area contributed by atoms with Gasteiger partial charge in [0.05, 0.1) is 32.4 Å². The highest BCUT2D eigenvalue weighted by Gasteiger charge is 2.10. The molecule has 0 saturated heterocycles. The van der Waals surface area contributed by atoms with E-state index < -0.39 is 0 Å². The van der Waals surface area contributed by atoms with Crippen LogP contribution in [0.25, 0.3) is 16.7 Å². The van der Waals surface area contributed by atoms with Gasteiger partial charge in [-0.25, -0.2) is 0 Å². The van der Waals surface area contributed by atoms with Gasteiger partial charge in [0.15, 0.2) is 4.77 Å². The lowest BCUT2D eigenvalue weighted by atomic mass is 10.3. The summed E-state index contributed by atoms with van der Waals surface area (Å²) in [4.78, 5) is 7.20. The summed E-state index contributed by atoms with van der Waals surface area (Å²) in [5.41, 5.74) is 2.78. The van der Waals surface area contributed by atoms with Crippen LogP contribution < -0.4 is 0 Å². The molecule has 0 aliphatic heterocycles. The van der Waals surface area contributed by atoms with Crippen molar-refractivity contribution in [3.8, 4) is 5.69 Å². The van der Waals surface area contributed by atoms with Gasteiger partial charge in [-0.2, -0.15) is 0 Å². The molecule has 0 atom stereocenters. The van der Waals surface area contributed by atoms with Gasteiger partial charge in [-0.3, -0.25) is 9.55 Å². The molecule has 0 amide bonds. The van der Waals surface area contributed by atoms with E-state index in [0.29, 0.717) is 9.79 Å². The largest absolute Gasteiger partial charge is 0.329 e. The van der Waals surface area contributed by atoms with Crippen molar-refractivity contribution in [2.24, 2.45) is 0 Å². The van der Waals surface area contributed by atoms with Gasteiger partial charge in [-0.05, 0) is 46.3 Å². The standard InChI is InChI=1S/C12H7BrClN3S/c13-11-7(14)2-1-3-10(11)17-9-4-5-15-6-8(9)16-12(17)18/h1-6H,(H,16,18). The first-order valence-corrected chi connectivity index (χ1v) is 6.75. The van der Waals surface area contributed by atoms with Gasteiger partial charge >= 0.3 is 0 Å². The summed E-state index contributed by atoms with van der Waals surface area (Å²) in [7, 11) is 0. The topological polar surface area (TPSA) is 33.6 Å². The number of nitrogens with zero attached hydrogens (tertiary/aromatic N) is 2. The molecular weight excluding hydrogens is 334 g/mol. The first kappa shape index (κ1) is 11.9. The molecule has 90 valence electrons. The van der Waals surface area contributed by atoms with E-state index in [0.717, 1.165) is 21.2 Å². The predicted octanol–water partition coefficient (Wildman–Crippen LogP) is 4.50. The molecule has 0 aliphatic rings. The number of benzene rings is 1. The minimum atomic E-state index is 0.612. The molecule has 6 heteroatoms. The molecule has 3 rings (SSSR count). The van der Waals surface area contributed by atoms with E-state index in [2.05, 4.69) is 25.9 Å². The van der Waals surface area contributed by atoms with Gasteiger partial charge in [0.2, 0.25) is 0 Å². The fourth-order valence-corrected chi connectivity index (χ4v) is 2.78. The van der Waals surface area contributed by atoms with Gasteiger partial charge in [-0.1, -0.05) is 17.7 Å². The number of hydrogen-bond donors (Lipinski definition) is 1.